The zero-order chi connectivity index (χ0) is 9.68. The molecule has 0 radical (unpaired) electrons. The van der Waals surface area contributed by atoms with Crippen molar-refractivity contribution < 1.29 is 4.79 Å². The van der Waals surface area contributed by atoms with Gasteiger partial charge in [0.25, 0.3) is 0 Å². The number of carbonyl (C=O) groups is 1. The van der Waals surface area contributed by atoms with Crippen LogP contribution in [-0.2, 0) is 11.2 Å². The molecule has 0 aliphatic rings. The van der Waals surface area contributed by atoms with E-state index in [9.17, 15) is 4.79 Å². The van der Waals surface area contributed by atoms with Gasteiger partial charge < -0.3 is 11.5 Å². The van der Waals surface area contributed by atoms with Gasteiger partial charge in [-0.1, -0.05) is 0 Å². The molecule has 5 heteroatoms. The molecule has 5 N–H and O–H groups in total. The third kappa shape index (κ3) is 2.96. The van der Waals surface area contributed by atoms with Crippen molar-refractivity contribution in [3.05, 3.63) is 18.0 Å². The molecule has 1 atom stereocenters. The minimum Gasteiger partial charge on any atom is -0.324 e. The van der Waals surface area contributed by atoms with Crippen molar-refractivity contribution in [2.24, 2.45) is 11.5 Å². The molecule has 0 spiro atoms. The first kappa shape index (κ1) is 9.88. The molecular formula is C8H14N4O. The number of nitrogens with zero attached hydrogens (tertiary/aromatic N) is 1. The van der Waals surface area contributed by atoms with E-state index in [4.69, 9.17) is 11.5 Å². The molecule has 1 aromatic heterocycles. The maximum atomic E-state index is 11.0. The van der Waals surface area contributed by atoms with E-state index in [0.717, 1.165) is 12.0 Å². The molecule has 5 nitrogen and oxygen atoms in total. The minimum atomic E-state index is -0.445. The molecule has 0 saturated carbocycles. The number of nitrogens with two attached hydrogens (primary N) is 2. The maximum Gasteiger partial charge on any atom is 0.163 e. The lowest BCUT2D eigenvalue weighted by molar-refractivity contribution is -0.119. The number of carbonyl (C=O) groups excluding carboxylic acids is 1. The molecule has 0 bridgehead atoms. The summed E-state index contributed by atoms with van der Waals surface area (Å²) in [6.07, 6.45) is 4.89. The average Bonchev–Trinajstić information content (AvgIpc) is 2.65. The highest BCUT2D eigenvalue weighted by Gasteiger charge is 2.11. The van der Waals surface area contributed by atoms with Crippen molar-refractivity contribution in [2.45, 2.75) is 18.9 Å². The van der Waals surface area contributed by atoms with Gasteiger partial charge in [0.05, 0.1) is 18.8 Å². The largest absolute Gasteiger partial charge is 0.324 e. The number of nitrogens with one attached hydrogen (secondary N) is 1. The Balaban J connectivity index is 2.30. The third-order valence-corrected chi connectivity index (χ3v) is 1.91. The monoisotopic (exact) mass is 182 g/mol. The summed E-state index contributed by atoms with van der Waals surface area (Å²) in [4.78, 5) is 11.0. The number of H-pyrrole nitrogens is 1. The number of aryl methyl sites for hydroxylation is 1. The Morgan fingerprint density at radius 3 is 3.00 bits per heavy atom. The Morgan fingerprint density at radius 1 is 1.69 bits per heavy atom. The van der Waals surface area contributed by atoms with Gasteiger partial charge in [0.15, 0.2) is 5.78 Å². The van der Waals surface area contributed by atoms with Gasteiger partial charge in [-0.15, -0.1) is 0 Å². The zero-order valence-corrected chi connectivity index (χ0v) is 7.36. The van der Waals surface area contributed by atoms with Crippen LogP contribution in [0.4, 0.5) is 0 Å². The summed E-state index contributed by atoms with van der Waals surface area (Å²) in [5.41, 5.74) is 11.8. The molecule has 0 saturated heterocycles. The lowest BCUT2D eigenvalue weighted by Crippen LogP contribution is -2.35. The predicted octanol–water partition coefficient (Wildman–Crippen LogP) is -0.803. The zero-order valence-electron chi connectivity index (χ0n) is 7.36. The van der Waals surface area contributed by atoms with Gasteiger partial charge in [-0.05, 0) is 18.4 Å². The number of Topliss-reactive ketones (excluding diaryl/α,β-unsaturated/α-hetero) is 1. The van der Waals surface area contributed by atoms with Gasteiger partial charge in [-0.25, -0.2) is 0 Å². The van der Waals surface area contributed by atoms with Gasteiger partial charge in [0.2, 0.25) is 0 Å². The smallest absolute Gasteiger partial charge is 0.163 e. The molecule has 72 valence electrons. The summed E-state index contributed by atoms with van der Waals surface area (Å²) in [7, 11) is 0. The topological polar surface area (TPSA) is 97.8 Å². The van der Waals surface area contributed by atoms with Gasteiger partial charge in [-0.2, -0.15) is 5.10 Å². The molecular weight excluding hydrogens is 168 g/mol. The summed E-state index contributed by atoms with van der Waals surface area (Å²) in [5.74, 6) is -0.0940. The van der Waals surface area contributed by atoms with Crippen LogP contribution in [0.25, 0.3) is 0 Å². The summed E-state index contributed by atoms with van der Waals surface area (Å²) in [6, 6.07) is -0.445. The fourth-order valence-corrected chi connectivity index (χ4v) is 1.05. The number of ketones is 1. The first-order chi connectivity index (χ1) is 6.24. The highest BCUT2D eigenvalue weighted by atomic mass is 16.1. The number of aromatic amines is 1. The highest BCUT2D eigenvalue weighted by molar-refractivity contribution is 5.85. The Hall–Kier alpha value is -1.20. The van der Waals surface area contributed by atoms with E-state index in [1.807, 2.05) is 0 Å². The molecule has 1 aromatic rings. The lowest BCUT2D eigenvalue weighted by atomic mass is 10.1. The molecule has 0 aromatic carbocycles. The van der Waals surface area contributed by atoms with Crippen LogP contribution in [-0.4, -0.2) is 28.6 Å². The molecule has 0 aliphatic carbocycles. The quantitative estimate of drug-likeness (QED) is 0.555. The molecule has 0 amide bonds. The average molecular weight is 182 g/mol. The number of hydrogen-bond donors (Lipinski definition) is 3. The molecule has 0 aliphatic heterocycles. The van der Waals surface area contributed by atoms with Crippen molar-refractivity contribution in [1.29, 1.82) is 0 Å². The van der Waals surface area contributed by atoms with Crippen LogP contribution in [0.3, 0.4) is 0 Å². The number of rotatable bonds is 5. The fourth-order valence-electron chi connectivity index (χ4n) is 1.05. The van der Waals surface area contributed by atoms with Crippen molar-refractivity contribution >= 4 is 5.78 Å². The van der Waals surface area contributed by atoms with Gasteiger partial charge in [-0.3, -0.25) is 9.89 Å². The predicted molar refractivity (Wildman–Crippen MR) is 48.9 cm³/mol. The van der Waals surface area contributed by atoms with E-state index in [1.54, 1.807) is 12.4 Å². The van der Waals surface area contributed by atoms with E-state index in [0.29, 0.717) is 6.42 Å². The molecule has 1 rings (SSSR count). The Bertz CT molecular complexity index is 257. The van der Waals surface area contributed by atoms with E-state index in [1.165, 1.54) is 0 Å². The van der Waals surface area contributed by atoms with Crippen molar-refractivity contribution in [3.63, 3.8) is 0 Å². The van der Waals surface area contributed by atoms with E-state index >= 15 is 0 Å². The van der Waals surface area contributed by atoms with Crippen molar-refractivity contribution in [2.75, 3.05) is 6.54 Å². The SMILES string of the molecule is NCC(=O)C(N)CCc1cn[nH]c1. The van der Waals surface area contributed by atoms with Crippen LogP contribution in [0.5, 0.6) is 0 Å². The molecule has 1 heterocycles. The van der Waals surface area contributed by atoms with Crippen molar-refractivity contribution in [3.8, 4) is 0 Å². The van der Waals surface area contributed by atoms with Crippen LogP contribution in [0.1, 0.15) is 12.0 Å². The number of hydrogen-bond acceptors (Lipinski definition) is 4. The maximum absolute atomic E-state index is 11.0. The summed E-state index contributed by atoms with van der Waals surface area (Å²) in [6.45, 7) is 0.0204. The minimum absolute atomic E-state index is 0.0204. The second-order valence-electron chi connectivity index (χ2n) is 2.92. The Kier molecular flexibility index (Phi) is 3.60. The van der Waals surface area contributed by atoms with Crippen LogP contribution < -0.4 is 11.5 Å². The van der Waals surface area contributed by atoms with E-state index < -0.39 is 6.04 Å². The third-order valence-electron chi connectivity index (χ3n) is 1.91. The van der Waals surface area contributed by atoms with Crippen LogP contribution in [0.15, 0.2) is 12.4 Å². The first-order valence-corrected chi connectivity index (χ1v) is 4.20. The highest BCUT2D eigenvalue weighted by Crippen LogP contribution is 2.01. The standard InChI is InChI=1S/C8H14N4O/c9-3-8(13)7(10)2-1-6-4-11-12-5-6/h4-5,7H,1-3,9-10H2,(H,11,12). The first-order valence-electron chi connectivity index (χ1n) is 4.20. The fraction of sp³-hybridized carbons (Fsp3) is 0.500. The molecule has 13 heavy (non-hydrogen) atoms. The number of aromatic nitrogens is 2. The van der Waals surface area contributed by atoms with Crippen LogP contribution >= 0.6 is 0 Å². The Morgan fingerprint density at radius 2 is 2.46 bits per heavy atom. The second-order valence-corrected chi connectivity index (χ2v) is 2.92. The summed E-state index contributed by atoms with van der Waals surface area (Å²) in [5, 5.41) is 6.49. The summed E-state index contributed by atoms with van der Waals surface area (Å²) >= 11 is 0. The van der Waals surface area contributed by atoms with Gasteiger partial charge >= 0.3 is 0 Å². The normalized spacial score (nSPS) is 12.8. The summed E-state index contributed by atoms with van der Waals surface area (Å²) < 4.78 is 0. The van der Waals surface area contributed by atoms with E-state index in [-0.39, 0.29) is 12.3 Å². The van der Waals surface area contributed by atoms with Crippen LogP contribution in [0, 0.1) is 0 Å². The molecule has 0 fully saturated rings. The van der Waals surface area contributed by atoms with Gasteiger partial charge in [0.1, 0.15) is 0 Å². The second kappa shape index (κ2) is 4.74. The molecule has 1 unspecified atom stereocenters. The van der Waals surface area contributed by atoms with E-state index in [2.05, 4.69) is 10.2 Å². The Labute approximate surface area is 76.5 Å². The lowest BCUT2D eigenvalue weighted by Gasteiger charge is -2.07. The van der Waals surface area contributed by atoms with Crippen molar-refractivity contribution in [1.82, 2.24) is 10.2 Å². The van der Waals surface area contributed by atoms with Crippen LogP contribution in [0.2, 0.25) is 0 Å². The van der Waals surface area contributed by atoms with Gasteiger partial charge in [0, 0.05) is 6.20 Å².